The standard InChI is InChI=1S/C17H21FN2O3/c1-10(2)8-9-23-16(21)14-11(3)19-17(22)20-15(14)12-4-6-13(18)7-5-12/h4-7,10,14-15H,3,8-9H2,1-2H3,(H2,19,20,22). The van der Waals surface area contributed by atoms with Crippen molar-refractivity contribution in [1.29, 1.82) is 0 Å². The number of nitrogens with one attached hydrogen (secondary N) is 2. The van der Waals surface area contributed by atoms with Crippen molar-refractivity contribution < 1.29 is 18.7 Å². The van der Waals surface area contributed by atoms with Crippen LogP contribution in [0.15, 0.2) is 36.5 Å². The number of halogens is 1. The molecule has 2 amide bonds. The van der Waals surface area contributed by atoms with Gasteiger partial charge in [0, 0.05) is 5.70 Å². The van der Waals surface area contributed by atoms with Crippen molar-refractivity contribution in [1.82, 2.24) is 10.6 Å². The van der Waals surface area contributed by atoms with Gasteiger partial charge in [0.1, 0.15) is 11.7 Å². The summed E-state index contributed by atoms with van der Waals surface area (Å²) in [6, 6.07) is 4.56. The Morgan fingerprint density at radius 3 is 2.61 bits per heavy atom. The highest BCUT2D eigenvalue weighted by atomic mass is 19.1. The fraction of sp³-hybridized carbons (Fsp3) is 0.412. The Kier molecular flexibility index (Phi) is 5.36. The maximum atomic E-state index is 13.1. The second kappa shape index (κ2) is 7.26. The summed E-state index contributed by atoms with van der Waals surface area (Å²) in [5.74, 6) is -1.19. The summed E-state index contributed by atoms with van der Waals surface area (Å²) in [7, 11) is 0. The molecule has 1 fully saturated rings. The maximum Gasteiger partial charge on any atom is 0.319 e. The number of hydrogen-bond donors (Lipinski definition) is 2. The lowest BCUT2D eigenvalue weighted by Crippen LogP contribution is -2.51. The van der Waals surface area contributed by atoms with E-state index < -0.39 is 24.0 Å². The Balaban J connectivity index is 2.18. The predicted molar refractivity (Wildman–Crippen MR) is 83.9 cm³/mol. The number of ether oxygens (including phenoxy) is 1. The second-order valence-corrected chi connectivity index (χ2v) is 5.98. The van der Waals surface area contributed by atoms with E-state index in [1.54, 1.807) is 0 Å². The molecule has 1 saturated heterocycles. The van der Waals surface area contributed by atoms with Crippen LogP contribution in [0.4, 0.5) is 9.18 Å². The SMILES string of the molecule is C=C1NC(=O)NC(c2ccc(F)cc2)C1C(=O)OCCC(C)C. The molecule has 2 atom stereocenters. The first-order valence-electron chi connectivity index (χ1n) is 7.57. The van der Waals surface area contributed by atoms with Crippen LogP contribution in [0.3, 0.4) is 0 Å². The third kappa shape index (κ3) is 4.31. The number of esters is 1. The number of urea groups is 1. The molecule has 2 unspecified atom stereocenters. The van der Waals surface area contributed by atoms with Crippen molar-refractivity contribution in [3.63, 3.8) is 0 Å². The Hall–Kier alpha value is -2.37. The summed E-state index contributed by atoms with van der Waals surface area (Å²) in [5, 5.41) is 5.18. The van der Waals surface area contributed by atoms with Gasteiger partial charge in [-0.05, 0) is 30.0 Å². The van der Waals surface area contributed by atoms with E-state index in [2.05, 4.69) is 17.2 Å². The Labute approximate surface area is 134 Å². The number of carbonyl (C=O) groups is 2. The molecule has 0 bridgehead atoms. The van der Waals surface area contributed by atoms with Crippen molar-refractivity contribution in [3.05, 3.63) is 47.9 Å². The molecule has 1 aliphatic rings. The summed E-state index contributed by atoms with van der Waals surface area (Å²) in [4.78, 5) is 24.1. The highest BCUT2D eigenvalue weighted by Crippen LogP contribution is 2.30. The fourth-order valence-corrected chi connectivity index (χ4v) is 2.39. The Morgan fingerprint density at radius 2 is 2.00 bits per heavy atom. The second-order valence-electron chi connectivity index (χ2n) is 5.98. The highest BCUT2D eigenvalue weighted by molar-refractivity contribution is 5.85. The summed E-state index contributed by atoms with van der Waals surface area (Å²) in [6.07, 6.45) is 0.756. The van der Waals surface area contributed by atoms with Gasteiger partial charge < -0.3 is 15.4 Å². The molecule has 2 N–H and O–H groups in total. The van der Waals surface area contributed by atoms with Crippen LogP contribution in [0.1, 0.15) is 31.9 Å². The Morgan fingerprint density at radius 1 is 1.35 bits per heavy atom. The van der Waals surface area contributed by atoms with Crippen LogP contribution >= 0.6 is 0 Å². The van der Waals surface area contributed by atoms with Gasteiger partial charge in [-0.15, -0.1) is 0 Å². The molecule has 0 spiro atoms. The average Bonchev–Trinajstić information content (AvgIpc) is 2.46. The van der Waals surface area contributed by atoms with Crippen molar-refractivity contribution >= 4 is 12.0 Å². The van der Waals surface area contributed by atoms with E-state index in [0.717, 1.165) is 6.42 Å². The Bertz CT molecular complexity index is 598. The minimum absolute atomic E-state index is 0.276. The first-order chi connectivity index (χ1) is 10.9. The fourth-order valence-electron chi connectivity index (χ4n) is 2.39. The van der Waals surface area contributed by atoms with Crippen LogP contribution in [0.25, 0.3) is 0 Å². The molecule has 0 radical (unpaired) electrons. The normalized spacial score (nSPS) is 20.9. The van der Waals surface area contributed by atoms with Gasteiger partial charge >= 0.3 is 12.0 Å². The lowest BCUT2D eigenvalue weighted by atomic mass is 9.89. The molecule has 1 aromatic rings. The topological polar surface area (TPSA) is 67.4 Å². The van der Waals surface area contributed by atoms with E-state index in [0.29, 0.717) is 18.1 Å². The van der Waals surface area contributed by atoms with Gasteiger partial charge in [-0.2, -0.15) is 0 Å². The summed E-state index contributed by atoms with van der Waals surface area (Å²) in [5.41, 5.74) is 0.894. The molecule has 1 aromatic carbocycles. The first kappa shape index (κ1) is 17.0. The monoisotopic (exact) mass is 320 g/mol. The molecular weight excluding hydrogens is 299 g/mol. The van der Waals surface area contributed by atoms with E-state index in [1.807, 2.05) is 13.8 Å². The minimum Gasteiger partial charge on any atom is -0.465 e. The van der Waals surface area contributed by atoms with Crippen LogP contribution in [0.2, 0.25) is 0 Å². The van der Waals surface area contributed by atoms with Gasteiger partial charge in [-0.1, -0.05) is 32.6 Å². The zero-order valence-corrected chi connectivity index (χ0v) is 13.3. The molecule has 124 valence electrons. The van der Waals surface area contributed by atoms with Crippen LogP contribution in [0, 0.1) is 17.7 Å². The number of carbonyl (C=O) groups excluding carboxylic acids is 2. The van der Waals surface area contributed by atoms with Crippen LogP contribution in [-0.2, 0) is 9.53 Å². The van der Waals surface area contributed by atoms with Crippen LogP contribution in [0.5, 0.6) is 0 Å². The summed E-state index contributed by atoms with van der Waals surface area (Å²) < 4.78 is 18.4. The van der Waals surface area contributed by atoms with Gasteiger partial charge in [0.2, 0.25) is 0 Å². The average molecular weight is 320 g/mol. The molecule has 23 heavy (non-hydrogen) atoms. The molecule has 2 rings (SSSR count). The molecule has 1 heterocycles. The molecule has 0 saturated carbocycles. The predicted octanol–water partition coefficient (Wildman–Crippen LogP) is 2.90. The van der Waals surface area contributed by atoms with Crippen molar-refractivity contribution in [2.45, 2.75) is 26.3 Å². The van der Waals surface area contributed by atoms with Crippen LogP contribution in [-0.4, -0.2) is 18.6 Å². The van der Waals surface area contributed by atoms with Gasteiger partial charge in [0.05, 0.1) is 12.6 Å². The molecule has 0 aromatic heterocycles. The van der Waals surface area contributed by atoms with E-state index >= 15 is 0 Å². The van der Waals surface area contributed by atoms with Crippen molar-refractivity contribution in [2.75, 3.05) is 6.61 Å². The van der Waals surface area contributed by atoms with E-state index in [4.69, 9.17) is 4.74 Å². The lowest BCUT2D eigenvalue weighted by Gasteiger charge is -2.33. The zero-order chi connectivity index (χ0) is 17.0. The highest BCUT2D eigenvalue weighted by Gasteiger charge is 2.38. The third-order valence-electron chi connectivity index (χ3n) is 3.69. The van der Waals surface area contributed by atoms with Gasteiger partial charge in [-0.3, -0.25) is 4.79 Å². The molecule has 1 aliphatic heterocycles. The quantitative estimate of drug-likeness (QED) is 0.820. The third-order valence-corrected chi connectivity index (χ3v) is 3.69. The van der Waals surface area contributed by atoms with Gasteiger partial charge in [0.15, 0.2) is 0 Å². The largest absolute Gasteiger partial charge is 0.465 e. The van der Waals surface area contributed by atoms with Crippen molar-refractivity contribution in [3.8, 4) is 0 Å². The lowest BCUT2D eigenvalue weighted by molar-refractivity contribution is -0.148. The van der Waals surface area contributed by atoms with E-state index in [-0.39, 0.29) is 11.5 Å². The number of hydrogen-bond acceptors (Lipinski definition) is 3. The minimum atomic E-state index is -0.759. The number of amides is 2. The molecule has 5 nitrogen and oxygen atoms in total. The smallest absolute Gasteiger partial charge is 0.319 e. The van der Waals surface area contributed by atoms with Crippen LogP contribution < -0.4 is 10.6 Å². The molecular formula is C17H21FN2O3. The molecule has 6 heteroatoms. The summed E-state index contributed by atoms with van der Waals surface area (Å²) >= 11 is 0. The van der Waals surface area contributed by atoms with Gasteiger partial charge in [0.25, 0.3) is 0 Å². The van der Waals surface area contributed by atoms with Crippen molar-refractivity contribution in [2.24, 2.45) is 11.8 Å². The maximum absolute atomic E-state index is 13.1. The number of rotatable bonds is 5. The number of benzene rings is 1. The summed E-state index contributed by atoms with van der Waals surface area (Å²) in [6.45, 7) is 8.14. The van der Waals surface area contributed by atoms with E-state index in [1.165, 1.54) is 24.3 Å². The van der Waals surface area contributed by atoms with E-state index in [9.17, 15) is 14.0 Å². The molecule has 0 aliphatic carbocycles. The first-order valence-corrected chi connectivity index (χ1v) is 7.57. The van der Waals surface area contributed by atoms with Gasteiger partial charge in [-0.25, -0.2) is 9.18 Å². The zero-order valence-electron chi connectivity index (χ0n) is 13.3.